The van der Waals surface area contributed by atoms with Crippen molar-refractivity contribution in [3.05, 3.63) is 18.2 Å². The average Bonchev–Trinajstić information content (AvgIpc) is 2.18. The fraction of sp³-hybridized carbons (Fsp3) is 0.625. The van der Waals surface area contributed by atoms with Gasteiger partial charge in [-0.15, -0.1) is 0 Å². The van der Waals surface area contributed by atoms with Crippen molar-refractivity contribution in [2.24, 2.45) is 10.8 Å². The SMILES string of the molecule is CC1(C)CC(Nc2ccc(N)c(N)c2)CC(C)(C)C1. The molecule has 0 amide bonds. The van der Waals surface area contributed by atoms with E-state index < -0.39 is 0 Å². The topological polar surface area (TPSA) is 64.1 Å². The Balaban J connectivity index is 2.11. The van der Waals surface area contributed by atoms with Crippen LogP contribution in [0, 0.1) is 10.8 Å². The predicted molar refractivity (Wildman–Crippen MR) is 84.1 cm³/mol. The number of benzene rings is 1. The molecule has 3 heteroatoms. The van der Waals surface area contributed by atoms with Crippen molar-refractivity contribution in [1.82, 2.24) is 0 Å². The zero-order valence-electron chi connectivity index (χ0n) is 12.6. The second-order valence-corrected chi connectivity index (χ2v) is 7.60. The van der Waals surface area contributed by atoms with Crippen LogP contribution in [-0.4, -0.2) is 6.04 Å². The molecular formula is C16H27N3. The second kappa shape index (κ2) is 4.62. The highest BCUT2D eigenvalue weighted by molar-refractivity contribution is 5.69. The fourth-order valence-corrected chi connectivity index (χ4v) is 3.85. The molecule has 5 N–H and O–H groups in total. The van der Waals surface area contributed by atoms with E-state index >= 15 is 0 Å². The van der Waals surface area contributed by atoms with Crippen LogP contribution in [0.4, 0.5) is 17.1 Å². The van der Waals surface area contributed by atoms with Crippen molar-refractivity contribution < 1.29 is 0 Å². The first-order valence-corrected chi connectivity index (χ1v) is 7.08. The third-order valence-corrected chi connectivity index (χ3v) is 4.01. The van der Waals surface area contributed by atoms with Gasteiger partial charge in [0.05, 0.1) is 11.4 Å². The summed E-state index contributed by atoms with van der Waals surface area (Å²) in [5.74, 6) is 0. The van der Waals surface area contributed by atoms with E-state index in [4.69, 9.17) is 11.5 Å². The summed E-state index contributed by atoms with van der Waals surface area (Å²) >= 11 is 0. The number of rotatable bonds is 2. The van der Waals surface area contributed by atoms with Gasteiger partial charge in [0, 0.05) is 11.7 Å². The van der Waals surface area contributed by atoms with Crippen LogP contribution >= 0.6 is 0 Å². The Morgan fingerprint density at radius 1 is 1.00 bits per heavy atom. The zero-order valence-corrected chi connectivity index (χ0v) is 12.6. The number of anilines is 3. The highest BCUT2D eigenvalue weighted by Crippen LogP contribution is 2.46. The van der Waals surface area contributed by atoms with Gasteiger partial charge in [-0.1, -0.05) is 27.7 Å². The maximum atomic E-state index is 5.87. The molecule has 0 bridgehead atoms. The molecule has 1 aliphatic rings. The quantitative estimate of drug-likeness (QED) is 0.708. The van der Waals surface area contributed by atoms with E-state index in [1.54, 1.807) is 0 Å². The summed E-state index contributed by atoms with van der Waals surface area (Å²) in [5.41, 5.74) is 14.8. The van der Waals surface area contributed by atoms with Crippen LogP contribution < -0.4 is 16.8 Å². The van der Waals surface area contributed by atoms with E-state index in [-0.39, 0.29) is 0 Å². The maximum absolute atomic E-state index is 5.87. The predicted octanol–water partition coefficient (Wildman–Crippen LogP) is 3.87. The van der Waals surface area contributed by atoms with Gasteiger partial charge in [-0.05, 0) is 48.3 Å². The normalized spacial score (nSPS) is 22.1. The molecule has 0 heterocycles. The molecule has 0 aliphatic heterocycles. The number of nitrogens with one attached hydrogen (secondary N) is 1. The number of hydrogen-bond donors (Lipinski definition) is 3. The summed E-state index contributed by atoms with van der Waals surface area (Å²) in [6, 6.07) is 6.32. The molecule has 1 aromatic rings. The lowest BCUT2D eigenvalue weighted by Gasteiger charge is -2.45. The van der Waals surface area contributed by atoms with Gasteiger partial charge in [0.15, 0.2) is 0 Å². The minimum Gasteiger partial charge on any atom is -0.397 e. The smallest absolute Gasteiger partial charge is 0.0568 e. The molecule has 1 aromatic carbocycles. The van der Waals surface area contributed by atoms with Crippen LogP contribution in [0.3, 0.4) is 0 Å². The van der Waals surface area contributed by atoms with E-state index in [0.717, 1.165) is 5.69 Å². The van der Waals surface area contributed by atoms with Crippen LogP contribution in [0.25, 0.3) is 0 Å². The molecule has 0 spiro atoms. The minimum absolute atomic E-state index is 0.388. The lowest BCUT2D eigenvalue weighted by atomic mass is 9.63. The molecule has 0 radical (unpaired) electrons. The molecular weight excluding hydrogens is 234 g/mol. The van der Waals surface area contributed by atoms with Crippen LogP contribution in [0.1, 0.15) is 47.0 Å². The monoisotopic (exact) mass is 261 g/mol. The molecule has 0 unspecified atom stereocenters. The molecule has 2 rings (SSSR count). The molecule has 0 aromatic heterocycles. The molecule has 1 fully saturated rings. The highest BCUT2D eigenvalue weighted by atomic mass is 14.9. The van der Waals surface area contributed by atoms with Gasteiger partial charge in [-0.25, -0.2) is 0 Å². The Kier molecular flexibility index (Phi) is 3.41. The van der Waals surface area contributed by atoms with Crippen LogP contribution in [0.5, 0.6) is 0 Å². The molecule has 3 nitrogen and oxygen atoms in total. The molecule has 1 aliphatic carbocycles. The lowest BCUT2D eigenvalue weighted by Crippen LogP contribution is -2.40. The summed E-state index contributed by atoms with van der Waals surface area (Å²) in [6.45, 7) is 9.44. The van der Waals surface area contributed by atoms with Crippen molar-refractivity contribution in [2.45, 2.75) is 53.0 Å². The summed E-state index contributed by atoms with van der Waals surface area (Å²) in [6.07, 6.45) is 3.67. The zero-order chi connectivity index (χ0) is 14.3. The first kappa shape index (κ1) is 14.0. The molecule has 106 valence electrons. The molecule has 0 atom stereocenters. The van der Waals surface area contributed by atoms with Gasteiger partial charge in [-0.3, -0.25) is 0 Å². The number of nitrogen functional groups attached to an aromatic ring is 2. The van der Waals surface area contributed by atoms with Crippen molar-refractivity contribution in [2.75, 3.05) is 16.8 Å². The average molecular weight is 261 g/mol. The highest BCUT2D eigenvalue weighted by Gasteiger charge is 2.38. The second-order valence-electron chi connectivity index (χ2n) is 7.60. The number of nitrogens with two attached hydrogens (primary N) is 2. The molecule has 19 heavy (non-hydrogen) atoms. The first-order valence-electron chi connectivity index (χ1n) is 7.08. The summed E-state index contributed by atoms with van der Waals surface area (Å²) in [5, 5.41) is 3.62. The third kappa shape index (κ3) is 3.55. The van der Waals surface area contributed by atoms with Crippen molar-refractivity contribution >= 4 is 17.1 Å². The molecule has 0 saturated heterocycles. The first-order chi connectivity index (χ1) is 8.67. The van der Waals surface area contributed by atoms with Crippen molar-refractivity contribution in [3.63, 3.8) is 0 Å². The van der Waals surface area contributed by atoms with Crippen LogP contribution in [0.2, 0.25) is 0 Å². The van der Waals surface area contributed by atoms with Gasteiger partial charge >= 0.3 is 0 Å². The Morgan fingerprint density at radius 2 is 1.58 bits per heavy atom. The van der Waals surface area contributed by atoms with Gasteiger partial charge in [-0.2, -0.15) is 0 Å². The van der Waals surface area contributed by atoms with E-state index in [9.17, 15) is 0 Å². The summed E-state index contributed by atoms with van der Waals surface area (Å²) < 4.78 is 0. The van der Waals surface area contributed by atoms with Crippen LogP contribution in [0.15, 0.2) is 18.2 Å². The van der Waals surface area contributed by atoms with Crippen molar-refractivity contribution in [3.8, 4) is 0 Å². The van der Waals surface area contributed by atoms with Crippen molar-refractivity contribution in [1.29, 1.82) is 0 Å². The Hall–Kier alpha value is -1.38. The lowest BCUT2D eigenvalue weighted by molar-refractivity contribution is 0.105. The maximum Gasteiger partial charge on any atom is 0.0568 e. The van der Waals surface area contributed by atoms with Gasteiger partial charge in [0.2, 0.25) is 0 Å². The largest absolute Gasteiger partial charge is 0.397 e. The Labute approximate surface area is 116 Å². The van der Waals surface area contributed by atoms with Crippen LogP contribution in [-0.2, 0) is 0 Å². The number of hydrogen-bond acceptors (Lipinski definition) is 3. The van der Waals surface area contributed by atoms with E-state index in [0.29, 0.717) is 28.2 Å². The van der Waals surface area contributed by atoms with E-state index in [2.05, 4.69) is 33.0 Å². The minimum atomic E-state index is 0.388. The van der Waals surface area contributed by atoms with E-state index in [1.807, 2.05) is 18.2 Å². The Bertz CT molecular complexity index is 447. The molecule has 1 saturated carbocycles. The van der Waals surface area contributed by atoms with Gasteiger partial charge in [0.25, 0.3) is 0 Å². The third-order valence-electron chi connectivity index (χ3n) is 4.01. The van der Waals surface area contributed by atoms with E-state index in [1.165, 1.54) is 19.3 Å². The van der Waals surface area contributed by atoms with Gasteiger partial charge < -0.3 is 16.8 Å². The summed E-state index contributed by atoms with van der Waals surface area (Å²) in [7, 11) is 0. The Morgan fingerprint density at radius 3 is 2.11 bits per heavy atom. The van der Waals surface area contributed by atoms with Gasteiger partial charge in [0.1, 0.15) is 0 Å². The fourth-order valence-electron chi connectivity index (χ4n) is 3.85. The summed E-state index contributed by atoms with van der Waals surface area (Å²) in [4.78, 5) is 0. The standard InChI is InChI=1S/C16H27N3/c1-15(2)8-12(9-16(3,4)10-15)19-11-5-6-13(17)14(18)7-11/h5-7,12,19H,8-10,17-18H2,1-4H3.